The number of aryl methyl sites for hydroxylation is 1. The van der Waals surface area contributed by atoms with Crippen LogP contribution in [0.2, 0.25) is 0 Å². The van der Waals surface area contributed by atoms with Gasteiger partial charge in [0.05, 0.1) is 29.3 Å². The molecule has 2 aliphatic heterocycles. The van der Waals surface area contributed by atoms with Gasteiger partial charge in [0.2, 0.25) is 10.0 Å². The third-order valence-corrected chi connectivity index (χ3v) is 7.36. The lowest BCUT2D eigenvalue weighted by Crippen LogP contribution is -2.45. The first kappa shape index (κ1) is 24.7. The van der Waals surface area contributed by atoms with Crippen LogP contribution in [0.1, 0.15) is 38.2 Å². The lowest BCUT2D eigenvalue weighted by molar-refractivity contribution is -0.143. The quantitative estimate of drug-likeness (QED) is 0.513. The first-order valence-corrected chi connectivity index (χ1v) is 12.4. The van der Waals surface area contributed by atoms with Gasteiger partial charge in [-0.2, -0.15) is 4.31 Å². The predicted octanol–water partition coefficient (Wildman–Crippen LogP) is 1.47. The van der Waals surface area contributed by atoms with Crippen molar-refractivity contribution in [2.75, 3.05) is 32.8 Å². The average Bonchev–Trinajstić information content (AvgIpc) is 2.82. The summed E-state index contributed by atoms with van der Waals surface area (Å²) in [5.74, 6) is -1.10. The number of carbonyl (C=O) groups excluding carboxylic acids is 3. The van der Waals surface area contributed by atoms with Crippen LogP contribution in [0.5, 0.6) is 0 Å². The smallest absolute Gasteiger partial charge is 0.337 e. The highest BCUT2D eigenvalue weighted by Crippen LogP contribution is 2.21. The van der Waals surface area contributed by atoms with Gasteiger partial charge in [0, 0.05) is 19.5 Å². The highest BCUT2D eigenvalue weighted by Gasteiger charge is 2.26. The Bertz CT molecular complexity index is 1010. The van der Waals surface area contributed by atoms with E-state index in [1.807, 2.05) is 0 Å². The first-order chi connectivity index (χ1) is 15.8. The second kappa shape index (κ2) is 11.3. The largest absolute Gasteiger partial charge is 0.463 e. The van der Waals surface area contributed by atoms with Crippen LogP contribution in [-0.4, -0.2) is 63.5 Å². The van der Waals surface area contributed by atoms with Crippen LogP contribution in [-0.2, 0) is 35.5 Å². The van der Waals surface area contributed by atoms with Gasteiger partial charge in [-0.3, -0.25) is 4.79 Å². The summed E-state index contributed by atoms with van der Waals surface area (Å²) < 4.78 is 37.1. The normalized spacial score (nSPS) is 17.2. The molecule has 11 heteroatoms. The van der Waals surface area contributed by atoms with Gasteiger partial charge in [0.15, 0.2) is 0 Å². The van der Waals surface area contributed by atoms with Gasteiger partial charge in [0.25, 0.3) is 0 Å². The minimum atomic E-state index is -3.49. The van der Waals surface area contributed by atoms with E-state index in [1.165, 1.54) is 4.31 Å². The number of rotatable bonds is 9. The molecule has 0 spiro atoms. The standard InChI is InChI=1S/C22H29N3O7S/c1-2-31-21(27)18-14-23-22(28)24-19(18)15-32-20(26)11-8-16-6-9-17(10-7-16)33(29,30)25-12-4-3-5-13-25/h6-7,9-10H,2-5,8,11-15H2,1H3,(H2,23,24,28). The number of amides is 2. The Morgan fingerprint density at radius 1 is 1.06 bits per heavy atom. The molecule has 1 saturated heterocycles. The summed E-state index contributed by atoms with van der Waals surface area (Å²) in [7, 11) is -3.49. The molecule has 0 aliphatic carbocycles. The van der Waals surface area contributed by atoms with E-state index in [-0.39, 0.29) is 42.3 Å². The molecule has 33 heavy (non-hydrogen) atoms. The van der Waals surface area contributed by atoms with E-state index in [1.54, 1.807) is 31.2 Å². The topological polar surface area (TPSA) is 131 Å². The van der Waals surface area contributed by atoms with Crippen molar-refractivity contribution in [3.8, 4) is 0 Å². The molecule has 0 aromatic heterocycles. The summed E-state index contributed by atoms with van der Waals surface area (Å²) in [5, 5.41) is 4.95. The Morgan fingerprint density at radius 2 is 1.76 bits per heavy atom. The number of sulfonamides is 1. The van der Waals surface area contributed by atoms with Crippen LogP contribution in [0.15, 0.2) is 40.4 Å². The number of ether oxygens (including phenoxy) is 2. The summed E-state index contributed by atoms with van der Waals surface area (Å²) >= 11 is 0. The molecule has 0 bridgehead atoms. The van der Waals surface area contributed by atoms with Crippen molar-refractivity contribution in [2.45, 2.75) is 43.9 Å². The van der Waals surface area contributed by atoms with Gasteiger partial charge in [-0.05, 0) is 43.9 Å². The van der Waals surface area contributed by atoms with E-state index >= 15 is 0 Å². The van der Waals surface area contributed by atoms with Gasteiger partial charge in [-0.25, -0.2) is 18.0 Å². The van der Waals surface area contributed by atoms with Crippen molar-refractivity contribution in [3.05, 3.63) is 41.1 Å². The van der Waals surface area contributed by atoms with Crippen molar-refractivity contribution in [3.63, 3.8) is 0 Å². The zero-order chi connectivity index (χ0) is 23.8. The van der Waals surface area contributed by atoms with Gasteiger partial charge >= 0.3 is 18.0 Å². The molecule has 2 amide bonds. The summed E-state index contributed by atoms with van der Waals surface area (Å²) in [5.41, 5.74) is 1.19. The van der Waals surface area contributed by atoms with Gasteiger partial charge < -0.3 is 20.1 Å². The zero-order valence-electron chi connectivity index (χ0n) is 18.6. The average molecular weight is 480 g/mol. The summed E-state index contributed by atoms with van der Waals surface area (Å²) in [6, 6.07) is 6.02. The fourth-order valence-electron chi connectivity index (χ4n) is 3.62. The maximum Gasteiger partial charge on any atom is 0.337 e. The second-order valence-corrected chi connectivity index (χ2v) is 9.69. The Morgan fingerprint density at radius 3 is 2.42 bits per heavy atom. The van der Waals surface area contributed by atoms with Crippen LogP contribution < -0.4 is 10.6 Å². The van der Waals surface area contributed by atoms with Crippen molar-refractivity contribution in [2.24, 2.45) is 0 Å². The number of benzene rings is 1. The van der Waals surface area contributed by atoms with E-state index in [0.717, 1.165) is 24.8 Å². The lowest BCUT2D eigenvalue weighted by atomic mass is 10.1. The van der Waals surface area contributed by atoms with E-state index in [2.05, 4.69) is 10.6 Å². The monoisotopic (exact) mass is 479 g/mol. The van der Waals surface area contributed by atoms with Crippen molar-refractivity contribution < 1.29 is 32.3 Å². The molecule has 2 N–H and O–H groups in total. The summed E-state index contributed by atoms with van der Waals surface area (Å²) in [4.78, 5) is 36.0. The first-order valence-electron chi connectivity index (χ1n) is 11.0. The molecular weight excluding hydrogens is 450 g/mol. The van der Waals surface area contributed by atoms with Crippen molar-refractivity contribution in [1.29, 1.82) is 0 Å². The van der Waals surface area contributed by atoms with Crippen molar-refractivity contribution >= 4 is 28.0 Å². The predicted molar refractivity (Wildman–Crippen MR) is 119 cm³/mol. The van der Waals surface area contributed by atoms with Crippen molar-refractivity contribution in [1.82, 2.24) is 14.9 Å². The van der Waals surface area contributed by atoms with Crippen LogP contribution in [0, 0.1) is 0 Å². The second-order valence-electron chi connectivity index (χ2n) is 7.75. The molecule has 3 rings (SSSR count). The summed E-state index contributed by atoms with van der Waals surface area (Å²) in [6.45, 7) is 2.67. The molecule has 2 aliphatic rings. The van der Waals surface area contributed by atoms with Crippen LogP contribution >= 0.6 is 0 Å². The van der Waals surface area contributed by atoms with Gasteiger partial charge in [-0.15, -0.1) is 0 Å². The minimum absolute atomic E-state index is 0.00969. The molecule has 0 unspecified atom stereocenters. The molecule has 0 saturated carbocycles. The number of hydrogen-bond acceptors (Lipinski definition) is 7. The number of nitrogens with one attached hydrogen (secondary N) is 2. The van der Waals surface area contributed by atoms with E-state index in [9.17, 15) is 22.8 Å². The van der Waals surface area contributed by atoms with E-state index in [0.29, 0.717) is 19.5 Å². The molecule has 1 aromatic carbocycles. The minimum Gasteiger partial charge on any atom is -0.463 e. The molecule has 180 valence electrons. The molecule has 10 nitrogen and oxygen atoms in total. The maximum absolute atomic E-state index is 12.7. The Labute approximate surface area is 193 Å². The molecule has 2 heterocycles. The highest BCUT2D eigenvalue weighted by atomic mass is 32.2. The van der Waals surface area contributed by atoms with Crippen LogP contribution in [0.4, 0.5) is 4.79 Å². The van der Waals surface area contributed by atoms with E-state index in [4.69, 9.17) is 9.47 Å². The number of carbonyl (C=O) groups is 3. The van der Waals surface area contributed by atoms with Crippen LogP contribution in [0.25, 0.3) is 0 Å². The molecule has 1 aromatic rings. The molecule has 1 fully saturated rings. The number of nitrogens with zero attached hydrogens (tertiary/aromatic N) is 1. The highest BCUT2D eigenvalue weighted by molar-refractivity contribution is 7.89. The third kappa shape index (κ3) is 6.55. The summed E-state index contributed by atoms with van der Waals surface area (Å²) in [6.07, 6.45) is 3.22. The van der Waals surface area contributed by atoms with E-state index < -0.39 is 28.0 Å². The zero-order valence-corrected chi connectivity index (χ0v) is 19.4. The van der Waals surface area contributed by atoms with Crippen LogP contribution in [0.3, 0.4) is 0 Å². The Hall–Kier alpha value is -2.92. The molecule has 0 atom stereocenters. The lowest BCUT2D eigenvalue weighted by Gasteiger charge is -2.25. The number of hydrogen-bond donors (Lipinski definition) is 2. The fraction of sp³-hybridized carbons (Fsp3) is 0.500. The maximum atomic E-state index is 12.7. The Kier molecular flexibility index (Phi) is 8.45. The SMILES string of the molecule is CCOC(=O)C1=C(COC(=O)CCc2ccc(S(=O)(=O)N3CCCCC3)cc2)NC(=O)NC1. The third-order valence-electron chi connectivity index (χ3n) is 5.45. The number of piperidine rings is 1. The fourth-order valence-corrected chi connectivity index (χ4v) is 5.14. The van der Waals surface area contributed by atoms with Gasteiger partial charge in [0.1, 0.15) is 6.61 Å². The number of urea groups is 1. The Balaban J connectivity index is 1.53. The number of esters is 2. The molecular formula is C22H29N3O7S. The molecule has 0 radical (unpaired) electrons. The van der Waals surface area contributed by atoms with Gasteiger partial charge in [-0.1, -0.05) is 18.6 Å².